The molecule has 0 saturated heterocycles. The molecule has 1 aliphatic rings. The van der Waals surface area contributed by atoms with E-state index in [2.05, 4.69) is 29.2 Å². The Hall–Kier alpha value is -4.00. The number of nitrogens with zero attached hydrogens (tertiary/aromatic N) is 2. The van der Waals surface area contributed by atoms with Crippen molar-refractivity contribution in [1.29, 1.82) is 0 Å². The fraction of sp³-hybridized carbons (Fsp3) is 0.192. The summed E-state index contributed by atoms with van der Waals surface area (Å²) in [7, 11) is 0. The van der Waals surface area contributed by atoms with Crippen molar-refractivity contribution in [2.24, 2.45) is 5.92 Å². The molecule has 7 heteroatoms. The van der Waals surface area contributed by atoms with Crippen molar-refractivity contribution < 1.29 is 23.6 Å². The van der Waals surface area contributed by atoms with Crippen molar-refractivity contribution in [2.75, 3.05) is 6.61 Å². The molecule has 0 radical (unpaired) electrons. The van der Waals surface area contributed by atoms with E-state index < -0.39 is 17.3 Å². The van der Waals surface area contributed by atoms with E-state index in [4.69, 9.17) is 14.4 Å². The molecule has 1 aliphatic carbocycles. The number of ether oxygens (including phenoxy) is 1. The second-order valence-electron chi connectivity index (χ2n) is 8.20. The third-order valence-electron chi connectivity index (χ3n) is 5.72. The minimum absolute atomic E-state index is 0.171. The Morgan fingerprint density at radius 1 is 1.09 bits per heavy atom. The number of aromatic carboxylic acids is 1. The fourth-order valence-corrected chi connectivity index (χ4v) is 3.65. The van der Waals surface area contributed by atoms with Gasteiger partial charge in [0.2, 0.25) is 5.82 Å². The van der Waals surface area contributed by atoms with Crippen molar-refractivity contribution in [2.45, 2.75) is 19.8 Å². The van der Waals surface area contributed by atoms with Gasteiger partial charge in [-0.3, -0.25) is 0 Å². The maximum Gasteiger partial charge on any atom is 0.338 e. The first-order chi connectivity index (χ1) is 16.0. The standard InChI is InChI=1S/C26H21FN2O4/c1-15-4-2-3-5-19(15)20-10-9-18(13-23(20)32-14-16-6-7-16)25-28-24(29-33-25)17-8-11-21(26(30)31)22(27)12-17/h2-5,8-13,16H,6-7,14H2,1H3,(H,30,31). The molecule has 0 unspecified atom stereocenters. The van der Waals surface area contributed by atoms with Gasteiger partial charge in [-0.05, 0) is 73.2 Å². The van der Waals surface area contributed by atoms with Gasteiger partial charge in [-0.2, -0.15) is 4.98 Å². The summed E-state index contributed by atoms with van der Waals surface area (Å²) in [6.07, 6.45) is 2.37. The van der Waals surface area contributed by atoms with Crippen molar-refractivity contribution in [3.05, 3.63) is 77.6 Å². The van der Waals surface area contributed by atoms with Crippen LogP contribution in [0.4, 0.5) is 4.39 Å². The highest BCUT2D eigenvalue weighted by atomic mass is 19.1. The average molecular weight is 444 g/mol. The number of hydrogen-bond acceptors (Lipinski definition) is 5. The highest BCUT2D eigenvalue weighted by Gasteiger charge is 2.23. The van der Waals surface area contributed by atoms with Crippen LogP contribution in [0.25, 0.3) is 34.0 Å². The molecule has 1 saturated carbocycles. The number of rotatable bonds is 7. The van der Waals surface area contributed by atoms with E-state index in [9.17, 15) is 9.18 Å². The number of carboxylic acids is 1. The molecule has 0 bridgehead atoms. The first kappa shape index (κ1) is 20.9. The largest absolute Gasteiger partial charge is 0.493 e. The summed E-state index contributed by atoms with van der Waals surface area (Å²) in [5, 5.41) is 13.0. The predicted octanol–water partition coefficient (Wildman–Crippen LogP) is 6.01. The monoisotopic (exact) mass is 444 g/mol. The van der Waals surface area contributed by atoms with Gasteiger partial charge in [-0.1, -0.05) is 29.4 Å². The number of hydrogen-bond donors (Lipinski definition) is 1. The van der Waals surface area contributed by atoms with Crippen molar-refractivity contribution in [1.82, 2.24) is 10.1 Å². The van der Waals surface area contributed by atoms with Crippen LogP contribution in [0.3, 0.4) is 0 Å². The number of benzene rings is 3. The van der Waals surface area contributed by atoms with Crippen molar-refractivity contribution in [3.8, 4) is 39.7 Å². The highest BCUT2D eigenvalue weighted by molar-refractivity contribution is 5.88. The van der Waals surface area contributed by atoms with Gasteiger partial charge in [0.15, 0.2) is 0 Å². The van der Waals surface area contributed by atoms with Gasteiger partial charge in [0.1, 0.15) is 11.6 Å². The quantitative estimate of drug-likeness (QED) is 0.376. The Morgan fingerprint density at radius 3 is 2.61 bits per heavy atom. The third kappa shape index (κ3) is 4.35. The van der Waals surface area contributed by atoms with E-state index in [0.717, 1.165) is 28.5 Å². The Labute approximate surface area is 189 Å². The lowest BCUT2D eigenvalue weighted by Crippen LogP contribution is -2.01. The number of carbonyl (C=O) groups is 1. The number of carboxylic acid groups (broad SMARTS) is 1. The van der Waals surface area contributed by atoms with E-state index in [-0.39, 0.29) is 11.7 Å². The Bertz CT molecular complexity index is 1340. The molecule has 0 spiro atoms. The van der Waals surface area contributed by atoms with Gasteiger partial charge in [0, 0.05) is 16.7 Å². The molecule has 6 nitrogen and oxygen atoms in total. The molecule has 33 heavy (non-hydrogen) atoms. The van der Waals surface area contributed by atoms with Gasteiger partial charge in [-0.15, -0.1) is 0 Å². The number of aryl methyl sites for hydroxylation is 1. The summed E-state index contributed by atoms with van der Waals surface area (Å²) < 4.78 is 25.7. The summed E-state index contributed by atoms with van der Waals surface area (Å²) in [4.78, 5) is 15.4. The normalized spacial score (nSPS) is 13.2. The number of aromatic nitrogens is 2. The molecular weight excluding hydrogens is 423 g/mol. The van der Waals surface area contributed by atoms with Gasteiger partial charge in [0.25, 0.3) is 5.89 Å². The maximum absolute atomic E-state index is 14.1. The van der Waals surface area contributed by atoms with E-state index in [1.807, 2.05) is 30.3 Å². The van der Waals surface area contributed by atoms with E-state index in [0.29, 0.717) is 23.7 Å². The summed E-state index contributed by atoms with van der Waals surface area (Å²) in [6.45, 7) is 2.72. The summed E-state index contributed by atoms with van der Waals surface area (Å²) in [5.74, 6) is -0.419. The predicted molar refractivity (Wildman–Crippen MR) is 120 cm³/mol. The fourth-order valence-electron chi connectivity index (χ4n) is 3.65. The molecule has 5 rings (SSSR count). The number of halogens is 1. The first-order valence-corrected chi connectivity index (χ1v) is 10.7. The van der Waals surface area contributed by atoms with Crippen LogP contribution in [0.5, 0.6) is 5.75 Å². The minimum atomic E-state index is -1.33. The topological polar surface area (TPSA) is 85.5 Å². The Kier molecular flexibility index (Phi) is 5.38. The molecule has 4 aromatic rings. The zero-order valence-electron chi connectivity index (χ0n) is 17.9. The van der Waals surface area contributed by atoms with Crippen LogP contribution in [0.1, 0.15) is 28.8 Å². The average Bonchev–Trinajstić information content (AvgIpc) is 3.51. The maximum atomic E-state index is 14.1. The molecule has 0 atom stereocenters. The molecule has 1 heterocycles. The highest BCUT2D eigenvalue weighted by Crippen LogP contribution is 2.38. The molecule has 0 amide bonds. The van der Waals surface area contributed by atoms with Crippen LogP contribution < -0.4 is 4.74 Å². The lowest BCUT2D eigenvalue weighted by atomic mass is 9.98. The minimum Gasteiger partial charge on any atom is -0.493 e. The van der Waals surface area contributed by atoms with Crippen LogP contribution in [0.15, 0.2) is 65.2 Å². The van der Waals surface area contributed by atoms with Crippen LogP contribution in [0.2, 0.25) is 0 Å². The van der Waals surface area contributed by atoms with Crippen molar-refractivity contribution in [3.63, 3.8) is 0 Å². The van der Waals surface area contributed by atoms with Gasteiger partial charge < -0.3 is 14.4 Å². The Balaban J connectivity index is 1.49. The third-order valence-corrected chi connectivity index (χ3v) is 5.72. The van der Waals surface area contributed by atoms with E-state index in [1.54, 1.807) is 0 Å². The van der Waals surface area contributed by atoms with Crippen molar-refractivity contribution >= 4 is 5.97 Å². The molecule has 1 aromatic heterocycles. The van der Waals surface area contributed by atoms with Crippen LogP contribution in [0, 0.1) is 18.7 Å². The molecule has 1 fully saturated rings. The molecule has 3 aromatic carbocycles. The Morgan fingerprint density at radius 2 is 1.88 bits per heavy atom. The lowest BCUT2D eigenvalue weighted by molar-refractivity contribution is 0.0692. The smallest absolute Gasteiger partial charge is 0.338 e. The van der Waals surface area contributed by atoms with E-state index in [1.165, 1.54) is 25.0 Å². The first-order valence-electron chi connectivity index (χ1n) is 10.7. The van der Waals surface area contributed by atoms with Crippen LogP contribution >= 0.6 is 0 Å². The van der Waals surface area contributed by atoms with Gasteiger partial charge >= 0.3 is 5.97 Å². The zero-order chi connectivity index (χ0) is 22.9. The second kappa shape index (κ2) is 8.50. The second-order valence-corrected chi connectivity index (χ2v) is 8.20. The van der Waals surface area contributed by atoms with E-state index >= 15 is 0 Å². The summed E-state index contributed by atoms with van der Waals surface area (Å²) >= 11 is 0. The molecular formula is C26H21FN2O4. The summed E-state index contributed by atoms with van der Waals surface area (Å²) in [6, 6.07) is 17.6. The zero-order valence-corrected chi connectivity index (χ0v) is 17.9. The summed E-state index contributed by atoms with van der Waals surface area (Å²) in [5.41, 5.74) is 3.83. The lowest BCUT2D eigenvalue weighted by Gasteiger charge is -2.14. The van der Waals surface area contributed by atoms with Gasteiger partial charge in [-0.25, -0.2) is 9.18 Å². The van der Waals surface area contributed by atoms with Crippen LogP contribution in [-0.2, 0) is 0 Å². The van der Waals surface area contributed by atoms with Gasteiger partial charge in [0.05, 0.1) is 12.2 Å². The SMILES string of the molecule is Cc1ccccc1-c1ccc(-c2nc(-c3ccc(C(=O)O)c(F)c3)no2)cc1OCC1CC1. The molecule has 166 valence electrons. The molecule has 0 aliphatic heterocycles. The molecule has 1 N–H and O–H groups in total. The van der Waals surface area contributed by atoms with Crippen LogP contribution in [-0.4, -0.2) is 27.8 Å².